The second-order valence-corrected chi connectivity index (χ2v) is 10.1. The summed E-state index contributed by atoms with van der Waals surface area (Å²) in [5.41, 5.74) is 5.07. The predicted molar refractivity (Wildman–Crippen MR) is 135 cm³/mol. The van der Waals surface area contributed by atoms with Crippen molar-refractivity contribution in [2.75, 3.05) is 38.1 Å². The summed E-state index contributed by atoms with van der Waals surface area (Å²) < 4.78 is 34.4. The molecule has 34 heavy (non-hydrogen) atoms. The van der Waals surface area contributed by atoms with Gasteiger partial charge < -0.3 is 19.3 Å². The number of allylic oxidation sites excluding steroid dienone is 1. The normalized spacial score (nSPS) is 13.4. The molecule has 1 aliphatic carbocycles. The lowest BCUT2D eigenvalue weighted by atomic mass is 9.93. The van der Waals surface area contributed by atoms with E-state index in [0.717, 1.165) is 40.7 Å². The molecule has 0 bridgehead atoms. The third-order valence-corrected chi connectivity index (χ3v) is 6.96. The van der Waals surface area contributed by atoms with Crippen molar-refractivity contribution in [2.24, 2.45) is 5.14 Å². The lowest BCUT2D eigenvalue weighted by molar-refractivity contribution is 0.356. The summed E-state index contributed by atoms with van der Waals surface area (Å²) in [6.45, 7) is 0.544. The van der Waals surface area contributed by atoms with Crippen LogP contribution < -0.4 is 24.4 Å². The van der Waals surface area contributed by atoms with Gasteiger partial charge in [0.15, 0.2) is 11.5 Å². The Bertz CT molecular complexity index is 1330. The van der Waals surface area contributed by atoms with Crippen molar-refractivity contribution in [3.8, 4) is 11.5 Å². The van der Waals surface area contributed by atoms with Gasteiger partial charge >= 0.3 is 0 Å². The largest absolute Gasteiger partial charge is 0.493 e. The number of hydrogen-bond donors (Lipinski definition) is 1. The smallest absolute Gasteiger partial charge is 0.238 e. The molecule has 1 saturated carbocycles. The number of nitrogens with zero attached hydrogens (tertiary/aromatic N) is 3. The summed E-state index contributed by atoms with van der Waals surface area (Å²) in [7, 11) is 3.46. The molecule has 0 unspecified atom stereocenters. The minimum Gasteiger partial charge on any atom is -0.493 e. The van der Waals surface area contributed by atoms with Crippen molar-refractivity contribution in [1.82, 2.24) is 4.98 Å². The monoisotopic (exact) mass is 482 g/mol. The maximum Gasteiger partial charge on any atom is 0.238 e. The van der Waals surface area contributed by atoms with Gasteiger partial charge in [0.25, 0.3) is 0 Å². The molecule has 9 heteroatoms. The molecular formula is C25H30N4O4S. The van der Waals surface area contributed by atoms with Crippen LogP contribution in [-0.2, 0) is 16.6 Å². The van der Waals surface area contributed by atoms with Crippen LogP contribution in [0.3, 0.4) is 0 Å². The van der Waals surface area contributed by atoms with E-state index in [0.29, 0.717) is 18.0 Å². The highest BCUT2D eigenvalue weighted by Gasteiger charge is 2.21. The zero-order valence-electron chi connectivity index (χ0n) is 19.9. The van der Waals surface area contributed by atoms with Crippen molar-refractivity contribution >= 4 is 32.3 Å². The standard InChI is InChI=1S/C25H30N4O4S/c1-28(2)22-14-27-21-13-24(33-4)23(32-3)12-20(21)25(22)29(15-17-6-5-7-17)16-18-8-10-19(11-9-18)34(26,30)31/h8-15H,5-7,16H2,1-4H3,(H2,26,30,31). The van der Waals surface area contributed by atoms with Gasteiger partial charge in [-0.05, 0) is 43.0 Å². The first-order valence-electron chi connectivity index (χ1n) is 11.0. The molecule has 0 atom stereocenters. The number of methoxy groups -OCH3 is 2. The van der Waals surface area contributed by atoms with Crippen LogP contribution in [0, 0.1) is 0 Å². The van der Waals surface area contributed by atoms with E-state index in [-0.39, 0.29) is 4.90 Å². The molecule has 0 spiro atoms. The summed E-state index contributed by atoms with van der Waals surface area (Å²) in [6.07, 6.45) is 7.39. The molecule has 3 aromatic rings. The van der Waals surface area contributed by atoms with Gasteiger partial charge in [0.05, 0.1) is 42.2 Å². The molecule has 1 heterocycles. The number of primary sulfonamides is 1. The Labute approximate surface area is 200 Å². The summed E-state index contributed by atoms with van der Waals surface area (Å²) in [4.78, 5) is 9.03. The number of sulfonamides is 1. The molecular weight excluding hydrogens is 452 g/mol. The summed E-state index contributed by atoms with van der Waals surface area (Å²) in [6, 6.07) is 10.5. The van der Waals surface area contributed by atoms with Gasteiger partial charge in [-0.15, -0.1) is 0 Å². The first kappa shape index (κ1) is 23.8. The van der Waals surface area contributed by atoms with Crippen molar-refractivity contribution < 1.29 is 17.9 Å². The highest BCUT2D eigenvalue weighted by Crippen LogP contribution is 2.42. The number of rotatable bonds is 8. The van der Waals surface area contributed by atoms with E-state index < -0.39 is 10.0 Å². The van der Waals surface area contributed by atoms with Crippen LogP contribution in [0.4, 0.5) is 11.4 Å². The van der Waals surface area contributed by atoms with Crippen LogP contribution in [0.25, 0.3) is 10.9 Å². The lowest BCUT2D eigenvalue weighted by Crippen LogP contribution is -2.22. The topological polar surface area (TPSA) is 98.0 Å². The number of pyridine rings is 1. The molecule has 4 rings (SSSR count). The Morgan fingerprint density at radius 2 is 1.71 bits per heavy atom. The van der Waals surface area contributed by atoms with E-state index >= 15 is 0 Å². The average Bonchev–Trinajstić information content (AvgIpc) is 2.78. The average molecular weight is 483 g/mol. The third kappa shape index (κ3) is 4.80. The molecule has 0 saturated heterocycles. The first-order chi connectivity index (χ1) is 16.2. The minimum absolute atomic E-state index is 0.0975. The molecule has 2 aromatic carbocycles. The zero-order chi connectivity index (χ0) is 24.5. The summed E-state index contributed by atoms with van der Waals surface area (Å²) >= 11 is 0. The maximum absolute atomic E-state index is 11.7. The molecule has 1 aromatic heterocycles. The minimum atomic E-state index is -3.74. The highest BCUT2D eigenvalue weighted by atomic mass is 32.2. The fourth-order valence-electron chi connectivity index (χ4n) is 4.02. The SMILES string of the molecule is COc1cc2ncc(N(C)C)c(N(C=C3CCC3)Cc3ccc(S(N)(=O)=O)cc3)c2cc1OC. The Morgan fingerprint density at radius 3 is 2.24 bits per heavy atom. The van der Waals surface area contributed by atoms with E-state index in [1.54, 1.807) is 38.5 Å². The summed E-state index contributed by atoms with van der Waals surface area (Å²) in [5.74, 6) is 1.25. The number of hydrogen-bond acceptors (Lipinski definition) is 7. The van der Waals surface area contributed by atoms with Crippen molar-refractivity contribution in [1.29, 1.82) is 0 Å². The van der Waals surface area contributed by atoms with Gasteiger partial charge in [-0.25, -0.2) is 13.6 Å². The van der Waals surface area contributed by atoms with Gasteiger partial charge in [-0.3, -0.25) is 4.98 Å². The van der Waals surface area contributed by atoms with Crippen LogP contribution in [0.2, 0.25) is 0 Å². The molecule has 0 radical (unpaired) electrons. The van der Waals surface area contributed by atoms with E-state index in [9.17, 15) is 8.42 Å². The number of fused-ring (bicyclic) bond motifs is 1. The van der Waals surface area contributed by atoms with Crippen LogP contribution in [0.1, 0.15) is 24.8 Å². The molecule has 0 aliphatic heterocycles. The second kappa shape index (κ2) is 9.52. The fraction of sp³-hybridized carbons (Fsp3) is 0.320. The zero-order valence-corrected chi connectivity index (χ0v) is 20.7. The van der Waals surface area contributed by atoms with Gasteiger partial charge in [-0.1, -0.05) is 17.7 Å². The van der Waals surface area contributed by atoms with Crippen molar-refractivity contribution in [3.63, 3.8) is 0 Å². The Kier molecular flexibility index (Phi) is 6.67. The van der Waals surface area contributed by atoms with Gasteiger partial charge in [0.1, 0.15) is 0 Å². The number of aromatic nitrogens is 1. The third-order valence-electron chi connectivity index (χ3n) is 6.03. The van der Waals surface area contributed by atoms with E-state index in [1.807, 2.05) is 37.3 Å². The van der Waals surface area contributed by atoms with E-state index in [4.69, 9.17) is 14.6 Å². The fourth-order valence-corrected chi connectivity index (χ4v) is 4.54. The number of ether oxygens (including phenoxy) is 2. The van der Waals surface area contributed by atoms with E-state index in [1.165, 1.54) is 12.0 Å². The quantitative estimate of drug-likeness (QED) is 0.517. The van der Waals surface area contributed by atoms with Crippen molar-refractivity contribution in [3.05, 3.63) is 59.9 Å². The number of nitrogens with two attached hydrogens (primary N) is 1. The highest BCUT2D eigenvalue weighted by molar-refractivity contribution is 7.89. The number of anilines is 2. The van der Waals surface area contributed by atoms with Crippen LogP contribution in [0.5, 0.6) is 11.5 Å². The Hall–Kier alpha value is -3.30. The van der Waals surface area contributed by atoms with Crippen molar-refractivity contribution in [2.45, 2.75) is 30.7 Å². The lowest BCUT2D eigenvalue weighted by Gasteiger charge is -2.30. The van der Waals surface area contributed by atoms with Crippen LogP contribution in [0.15, 0.2) is 59.3 Å². The Morgan fingerprint density at radius 1 is 1.06 bits per heavy atom. The molecule has 180 valence electrons. The van der Waals surface area contributed by atoms with Gasteiger partial charge in [0, 0.05) is 38.3 Å². The molecule has 8 nitrogen and oxygen atoms in total. The first-order valence-corrected chi connectivity index (χ1v) is 12.6. The van der Waals surface area contributed by atoms with E-state index in [2.05, 4.69) is 16.1 Å². The molecule has 1 aliphatic rings. The summed E-state index contributed by atoms with van der Waals surface area (Å²) in [5, 5.41) is 6.21. The molecule has 0 amide bonds. The van der Waals surface area contributed by atoms with Crippen LogP contribution in [-0.4, -0.2) is 41.7 Å². The maximum atomic E-state index is 11.7. The van der Waals surface area contributed by atoms with Gasteiger partial charge in [0.2, 0.25) is 10.0 Å². The Balaban J connectivity index is 1.88. The molecule has 2 N–H and O–H groups in total. The predicted octanol–water partition coefficient (Wildman–Crippen LogP) is 4.04. The number of benzene rings is 2. The second-order valence-electron chi connectivity index (χ2n) is 8.57. The van der Waals surface area contributed by atoms with Gasteiger partial charge in [-0.2, -0.15) is 0 Å². The van der Waals surface area contributed by atoms with Crippen LogP contribution >= 0.6 is 0 Å². The molecule has 1 fully saturated rings.